The maximum Gasteiger partial charge on any atom is 0.168 e. The minimum atomic E-state index is 0.0753. The van der Waals surface area contributed by atoms with Crippen LogP contribution in [0.1, 0.15) is 11.1 Å². The number of H-pyrrole nitrogens is 1. The molecular formula is C17H13Cl2N5O. The van der Waals surface area contributed by atoms with Gasteiger partial charge in [-0.25, -0.2) is 0 Å². The molecule has 0 spiro atoms. The molecule has 4 N–H and O–H groups in total. The number of rotatable bonds is 5. The average Bonchev–Trinajstić information content (AvgIpc) is 2.96. The van der Waals surface area contributed by atoms with E-state index in [1.165, 1.54) is 0 Å². The highest BCUT2D eigenvalue weighted by Gasteiger charge is 2.14. The minimum absolute atomic E-state index is 0.0753. The van der Waals surface area contributed by atoms with Crippen LogP contribution in [0.25, 0.3) is 0 Å². The largest absolute Gasteiger partial charge is 0.508 e. The van der Waals surface area contributed by atoms with Gasteiger partial charge in [-0.1, -0.05) is 35.3 Å². The van der Waals surface area contributed by atoms with Crippen molar-refractivity contribution in [3.05, 3.63) is 63.6 Å². The molecule has 1 heterocycles. The third-order valence-corrected chi connectivity index (χ3v) is 4.09. The van der Waals surface area contributed by atoms with Crippen LogP contribution < -0.4 is 10.6 Å². The first kappa shape index (κ1) is 17.0. The van der Waals surface area contributed by atoms with E-state index in [9.17, 15) is 10.4 Å². The number of anilines is 3. The molecule has 1 aromatic heterocycles. The Bertz CT molecular complexity index is 928. The van der Waals surface area contributed by atoms with E-state index in [-0.39, 0.29) is 12.3 Å². The average molecular weight is 374 g/mol. The van der Waals surface area contributed by atoms with Crippen LogP contribution in [0.2, 0.25) is 10.0 Å². The number of aromatic hydroxyl groups is 1. The molecule has 0 fully saturated rings. The van der Waals surface area contributed by atoms with Crippen molar-refractivity contribution in [1.82, 2.24) is 10.2 Å². The van der Waals surface area contributed by atoms with E-state index in [1.807, 2.05) is 6.07 Å². The highest BCUT2D eigenvalue weighted by atomic mass is 35.5. The molecule has 0 bridgehead atoms. The summed E-state index contributed by atoms with van der Waals surface area (Å²) in [6.45, 7) is 0.224. The van der Waals surface area contributed by atoms with Crippen LogP contribution in [0.3, 0.4) is 0 Å². The van der Waals surface area contributed by atoms with Gasteiger partial charge < -0.3 is 15.7 Å². The van der Waals surface area contributed by atoms with Gasteiger partial charge in [-0.3, -0.25) is 5.10 Å². The number of nitrogens with one attached hydrogen (secondary N) is 3. The lowest BCUT2D eigenvalue weighted by atomic mass is 10.2. The molecule has 6 nitrogen and oxygen atoms in total. The zero-order valence-corrected chi connectivity index (χ0v) is 14.4. The lowest BCUT2D eigenvalue weighted by molar-refractivity contribution is 0.469. The Balaban J connectivity index is 1.80. The van der Waals surface area contributed by atoms with Gasteiger partial charge in [0.25, 0.3) is 0 Å². The third kappa shape index (κ3) is 3.79. The van der Waals surface area contributed by atoms with Crippen molar-refractivity contribution in [1.29, 1.82) is 5.26 Å². The van der Waals surface area contributed by atoms with E-state index in [2.05, 4.69) is 26.9 Å². The van der Waals surface area contributed by atoms with Gasteiger partial charge in [0.05, 0.1) is 0 Å². The molecule has 3 rings (SSSR count). The highest BCUT2D eigenvalue weighted by molar-refractivity contribution is 6.31. The predicted octanol–water partition coefficient (Wildman–Crippen LogP) is 4.65. The molecule has 0 radical (unpaired) electrons. The Labute approximate surface area is 154 Å². The Hall–Kier alpha value is -2.88. The summed E-state index contributed by atoms with van der Waals surface area (Å²) >= 11 is 12.0. The standard InChI is InChI=1S/C17H13Cl2N5O/c18-10-3-1-4-11(7-10)22-17-12(8-20)16(23-24-17)21-9-13-14(19)5-2-6-15(13)25/h1-7,25H,9H2,(H3,21,22,23,24). The Morgan fingerprint density at radius 1 is 1.20 bits per heavy atom. The van der Waals surface area contributed by atoms with Gasteiger partial charge in [0.15, 0.2) is 5.82 Å². The molecule has 0 aliphatic rings. The van der Waals surface area contributed by atoms with Gasteiger partial charge >= 0.3 is 0 Å². The number of aromatic nitrogens is 2. The minimum Gasteiger partial charge on any atom is -0.508 e. The Kier molecular flexibility index (Phi) is 4.98. The summed E-state index contributed by atoms with van der Waals surface area (Å²) in [6.07, 6.45) is 0. The predicted molar refractivity (Wildman–Crippen MR) is 98.5 cm³/mol. The Morgan fingerprint density at radius 3 is 2.72 bits per heavy atom. The maximum atomic E-state index is 9.88. The number of halogens is 2. The fourth-order valence-electron chi connectivity index (χ4n) is 2.27. The molecule has 0 amide bonds. The molecule has 2 aromatic carbocycles. The summed E-state index contributed by atoms with van der Waals surface area (Å²) in [5.41, 5.74) is 1.56. The van der Waals surface area contributed by atoms with Gasteiger partial charge in [0, 0.05) is 27.8 Å². The van der Waals surface area contributed by atoms with Crippen molar-refractivity contribution in [2.24, 2.45) is 0 Å². The molecular weight excluding hydrogens is 361 g/mol. The van der Waals surface area contributed by atoms with Gasteiger partial charge in [-0.2, -0.15) is 10.4 Å². The second kappa shape index (κ2) is 7.34. The SMILES string of the molecule is N#Cc1c(NCc2c(O)cccc2Cl)n[nH]c1Nc1cccc(Cl)c1. The smallest absolute Gasteiger partial charge is 0.168 e. The van der Waals surface area contributed by atoms with Crippen molar-refractivity contribution in [2.75, 3.05) is 10.6 Å². The zero-order chi connectivity index (χ0) is 17.8. The summed E-state index contributed by atoms with van der Waals surface area (Å²) < 4.78 is 0. The number of nitrogens with zero attached hydrogens (tertiary/aromatic N) is 2. The van der Waals surface area contributed by atoms with Crippen molar-refractivity contribution in [2.45, 2.75) is 6.54 Å². The highest BCUT2D eigenvalue weighted by Crippen LogP contribution is 2.28. The first-order valence-electron chi connectivity index (χ1n) is 7.29. The zero-order valence-electron chi connectivity index (χ0n) is 12.8. The van der Waals surface area contributed by atoms with E-state index in [0.29, 0.717) is 32.8 Å². The maximum absolute atomic E-state index is 9.88. The van der Waals surface area contributed by atoms with Crippen molar-refractivity contribution in [3.63, 3.8) is 0 Å². The number of aromatic amines is 1. The summed E-state index contributed by atoms with van der Waals surface area (Å²) in [5, 5.41) is 33.3. The van der Waals surface area contributed by atoms with Crippen molar-refractivity contribution in [3.8, 4) is 11.8 Å². The lowest BCUT2D eigenvalue weighted by Crippen LogP contribution is -2.02. The summed E-state index contributed by atoms with van der Waals surface area (Å²) in [6, 6.07) is 14.1. The quantitative estimate of drug-likeness (QED) is 0.521. The second-order valence-electron chi connectivity index (χ2n) is 5.16. The molecule has 8 heteroatoms. The van der Waals surface area contributed by atoms with Gasteiger partial charge in [-0.05, 0) is 30.3 Å². The topological polar surface area (TPSA) is 96.8 Å². The molecule has 3 aromatic rings. The fraction of sp³-hybridized carbons (Fsp3) is 0.0588. The molecule has 0 aliphatic carbocycles. The van der Waals surface area contributed by atoms with E-state index in [4.69, 9.17) is 23.2 Å². The number of hydrogen-bond donors (Lipinski definition) is 4. The van der Waals surface area contributed by atoms with E-state index in [0.717, 1.165) is 5.69 Å². The van der Waals surface area contributed by atoms with Crippen LogP contribution in [0.4, 0.5) is 17.3 Å². The molecule has 0 saturated carbocycles. The molecule has 0 saturated heterocycles. The number of hydrogen-bond acceptors (Lipinski definition) is 5. The third-order valence-electron chi connectivity index (χ3n) is 3.50. The normalized spacial score (nSPS) is 10.3. The fourth-order valence-corrected chi connectivity index (χ4v) is 2.70. The number of nitriles is 1. The van der Waals surface area contributed by atoms with Crippen LogP contribution in [0, 0.1) is 11.3 Å². The van der Waals surface area contributed by atoms with Crippen LogP contribution in [0.15, 0.2) is 42.5 Å². The number of phenols is 1. The first-order chi connectivity index (χ1) is 12.1. The van der Waals surface area contributed by atoms with Crippen LogP contribution in [0.5, 0.6) is 5.75 Å². The van der Waals surface area contributed by atoms with E-state index >= 15 is 0 Å². The lowest BCUT2D eigenvalue weighted by Gasteiger charge is -2.08. The van der Waals surface area contributed by atoms with Gasteiger partial charge in [-0.15, -0.1) is 0 Å². The molecule has 0 unspecified atom stereocenters. The van der Waals surface area contributed by atoms with Crippen molar-refractivity contribution < 1.29 is 5.11 Å². The molecule has 25 heavy (non-hydrogen) atoms. The molecule has 0 atom stereocenters. The van der Waals surface area contributed by atoms with E-state index in [1.54, 1.807) is 36.4 Å². The second-order valence-corrected chi connectivity index (χ2v) is 6.00. The van der Waals surface area contributed by atoms with E-state index < -0.39 is 0 Å². The van der Waals surface area contributed by atoms with Crippen LogP contribution >= 0.6 is 23.2 Å². The summed E-state index contributed by atoms with van der Waals surface area (Å²) in [4.78, 5) is 0. The molecule has 0 aliphatic heterocycles. The van der Waals surface area contributed by atoms with Crippen LogP contribution in [-0.2, 0) is 6.54 Å². The summed E-state index contributed by atoms with van der Waals surface area (Å²) in [5.74, 6) is 0.869. The van der Waals surface area contributed by atoms with Gasteiger partial charge in [0.2, 0.25) is 0 Å². The van der Waals surface area contributed by atoms with Crippen LogP contribution in [-0.4, -0.2) is 15.3 Å². The number of benzene rings is 2. The van der Waals surface area contributed by atoms with Gasteiger partial charge in [0.1, 0.15) is 23.2 Å². The Morgan fingerprint density at radius 2 is 2.00 bits per heavy atom. The number of phenolic OH excluding ortho intramolecular Hbond substituents is 1. The summed E-state index contributed by atoms with van der Waals surface area (Å²) in [7, 11) is 0. The monoisotopic (exact) mass is 373 g/mol. The van der Waals surface area contributed by atoms with Crippen molar-refractivity contribution >= 4 is 40.5 Å². The molecule has 126 valence electrons. The first-order valence-corrected chi connectivity index (χ1v) is 8.05.